The summed E-state index contributed by atoms with van der Waals surface area (Å²) in [7, 11) is 0. The molecule has 0 aromatic heterocycles. The Bertz CT molecular complexity index is 400. The zero-order valence-electron chi connectivity index (χ0n) is 9.69. The molecule has 0 unspecified atom stereocenters. The number of hydrogen-bond acceptors (Lipinski definition) is 4. The molecule has 4 nitrogen and oxygen atoms in total. The molecule has 0 saturated heterocycles. The Kier molecular flexibility index (Phi) is 2.81. The van der Waals surface area contributed by atoms with Crippen molar-refractivity contribution in [2.24, 2.45) is 0 Å². The maximum atomic E-state index is 9.46. The van der Waals surface area contributed by atoms with Gasteiger partial charge >= 0.3 is 0 Å². The molecule has 1 aromatic carbocycles. The third-order valence-electron chi connectivity index (χ3n) is 3.44. The zero-order valence-corrected chi connectivity index (χ0v) is 9.69. The van der Waals surface area contributed by atoms with Crippen LogP contribution in [0.3, 0.4) is 0 Å². The predicted molar refractivity (Wildman–Crippen MR) is 64.5 cm³/mol. The van der Waals surface area contributed by atoms with Gasteiger partial charge in [-0.1, -0.05) is 0 Å². The minimum Gasteiger partial charge on any atom is -0.454 e. The van der Waals surface area contributed by atoms with Gasteiger partial charge in [0, 0.05) is 17.8 Å². The number of aliphatic hydroxyl groups excluding tert-OH is 1. The van der Waals surface area contributed by atoms with Crippen molar-refractivity contribution < 1.29 is 14.6 Å². The second kappa shape index (κ2) is 4.45. The Morgan fingerprint density at radius 3 is 2.65 bits per heavy atom. The summed E-state index contributed by atoms with van der Waals surface area (Å²) >= 11 is 0. The normalized spacial score (nSPS) is 26.9. The molecule has 0 bridgehead atoms. The molecule has 1 aromatic rings. The largest absolute Gasteiger partial charge is 0.454 e. The molecule has 3 rings (SSSR count). The summed E-state index contributed by atoms with van der Waals surface area (Å²) in [6.45, 7) is 0.314. The summed E-state index contributed by atoms with van der Waals surface area (Å²) in [5.41, 5.74) is 1.07. The molecule has 2 aliphatic rings. The van der Waals surface area contributed by atoms with Gasteiger partial charge in [-0.05, 0) is 37.8 Å². The highest BCUT2D eigenvalue weighted by Crippen LogP contribution is 2.35. The molecule has 17 heavy (non-hydrogen) atoms. The monoisotopic (exact) mass is 235 g/mol. The van der Waals surface area contributed by atoms with Crippen LogP contribution in [-0.4, -0.2) is 24.0 Å². The highest BCUT2D eigenvalue weighted by atomic mass is 16.7. The first-order valence-corrected chi connectivity index (χ1v) is 6.15. The number of nitrogens with one attached hydrogen (secondary N) is 1. The summed E-state index contributed by atoms with van der Waals surface area (Å²) in [4.78, 5) is 0. The minimum atomic E-state index is -0.107. The van der Waals surface area contributed by atoms with E-state index in [9.17, 15) is 5.11 Å². The summed E-state index contributed by atoms with van der Waals surface area (Å²) in [6, 6.07) is 6.38. The molecule has 1 heterocycles. The van der Waals surface area contributed by atoms with Gasteiger partial charge in [-0.25, -0.2) is 0 Å². The van der Waals surface area contributed by atoms with E-state index in [-0.39, 0.29) is 6.10 Å². The molecular weight excluding hydrogens is 218 g/mol. The van der Waals surface area contributed by atoms with E-state index < -0.39 is 0 Å². The summed E-state index contributed by atoms with van der Waals surface area (Å²) in [5.74, 6) is 1.63. The van der Waals surface area contributed by atoms with Crippen molar-refractivity contribution in [2.45, 2.75) is 37.8 Å². The molecule has 0 atom stereocenters. The van der Waals surface area contributed by atoms with Crippen LogP contribution in [-0.2, 0) is 0 Å². The zero-order chi connectivity index (χ0) is 11.7. The lowest BCUT2D eigenvalue weighted by Crippen LogP contribution is -2.28. The van der Waals surface area contributed by atoms with E-state index in [1.165, 1.54) is 0 Å². The van der Waals surface area contributed by atoms with Crippen LogP contribution in [0.15, 0.2) is 18.2 Å². The van der Waals surface area contributed by atoms with Crippen LogP contribution in [0.4, 0.5) is 5.69 Å². The first-order valence-electron chi connectivity index (χ1n) is 6.15. The van der Waals surface area contributed by atoms with E-state index in [2.05, 4.69) is 5.32 Å². The van der Waals surface area contributed by atoms with Crippen LogP contribution < -0.4 is 14.8 Å². The standard InChI is InChI=1S/C13H17NO3/c15-11-4-1-9(2-5-11)14-10-3-6-12-13(7-10)17-8-16-12/h3,6-7,9,11,14-15H,1-2,4-5,8H2. The number of aliphatic hydroxyl groups is 1. The van der Waals surface area contributed by atoms with Crippen LogP contribution in [0.25, 0.3) is 0 Å². The van der Waals surface area contributed by atoms with Crippen LogP contribution in [0.1, 0.15) is 25.7 Å². The van der Waals surface area contributed by atoms with E-state index in [1.807, 2.05) is 18.2 Å². The van der Waals surface area contributed by atoms with Crippen molar-refractivity contribution in [3.8, 4) is 11.5 Å². The first kappa shape index (κ1) is 10.7. The lowest BCUT2D eigenvalue weighted by Gasteiger charge is -2.27. The molecule has 1 saturated carbocycles. The molecule has 2 N–H and O–H groups in total. The van der Waals surface area contributed by atoms with Crippen molar-refractivity contribution in [3.63, 3.8) is 0 Å². The Morgan fingerprint density at radius 2 is 1.82 bits per heavy atom. The second-order valence-corrected chi connectivity index (χ2v) is 4.72. The number of anilines is 1. The van der Waals surface area contributed by atoms with Crippen molar-refractivity contribution >= 4 is 5.69 Å². The van der Waals surface area contributed by atoms with Gasteiger partial charge in [0.05, 0.1) is 6.10 Å². The third kappa shape index (κ3) is 2.31. The summed E-state index contributed by atoms with van der Waals surface area (Å²) in [5, 5.41) is 12.9. The van der Waals surface area contributed by atoms with Gasteiger partial charge in [-0.3, -0.25) is 0 Å². The van der Waals surface area contributed by atoms with Gasteiger partial charge < -0.3 is 19.9 Å². The number of rotatable bonds is 2. The first-order chi connectivity index (χ1) is 8.31. The van der Waals surface area contributed by atoms with E-state index in [0.717, 1.165) is 42.9 Å². The molecule has 1 aliphatic heterocycles. The fourth-order valence-corrected chi connectivity index (χ4v) is 2.44. The summed E-state index contributed by atoms with van der Waals surface area (Å²) < 4.78 is 10.6. The van der Waals surface area contributed by atoms with E-state index >= 15 is 0 Å². The van der Waals surface area contributed by atoms with Gasteiger partial charge in [0.2, 0.25) is 6.79 Å². The van der Waals surface area contributed by atoms with Gasteiger partial charge in [0.25, 0.3) is 0 Å². The number of hydrogen-bond donors (Lipinski definition) is 2. The SMILES string of the molecule is OC1CCC(Nc2ccc3c(c2)OCO3)CC1. The van der Waals surface area contributed by atoms with E-state index in [1.54, 1.807) is 0 Å². The minimum absolute atomic E-state index is 0.107. The quantitative estimate of drug-likeness (QED) is 0.824. The van der Waals surface area contributed by atoms with Crippen molar-refractivity contribution in [3.05, 3.63) is 18.2 Å². The lowest BCUT2D eigenvalue weighted by molar-refractivity contribution is 0.126. The van der Waals surface area contributed by atoms with Crippen LogP contribution in [0.2, 0.25) is 0 Å². The average Bonchev–Trinajstić information content (AvgIpc) is 2.79. The molecular formula is C13H17NO3. The predicted octanol–water partition coefficient (Wildman–Crippen LogP) is 2.13. The fourth-order valence-electron chi connectivity index (χ4n) is 2.44. The molecule has 92 valence electrons. The van der Waals surface area contributed by atoms with Crippen molar-refractivity contribution in [1.29, 1.82) is 0 Å². The number of fused-ring (bicyclic) bond motifs is 1. The average molecular weight is 235 g/mol. The molecule has 0 spiro atoms. The lowest BCUT2D eigenvalue weighted by atomic mass is 9.93. The van der Waals surface area contributed by atoms with Crippen LogP contribution >= 0.6 is 0 Å². The smallest absolute Gasteiger partial charge is 0.231 e. The Morgan fingerprint density at radius 1 is 1.06 bits per heavy atom. The summed E-state index contributed by atoms with van der Waals surface area (Å²) in [6.07, 6.45) is 3.72. The molecule has 0 radical (unpaired) electrons. The molecule has 1 aliphatic carbocycles. The number of benzene rings is 1. The van der Waals surface area contributed by atoms with Crippen molar-refractivity contribution in [1.82, 2.24) is 0 Å². The topological polar surface area (TPSA) is 50.7 Å². The van der Waals surface area contributed by atoms with Crippen LogP contribution in [0.5, 0.6) is 11.5 Å². The Labute approximate surface area is 101 Å². The van der Waals surface area contributed by atoms with Crippen LogP contribution in [0, 0.1) is 0 Å². The highest BCUT2D eigenvalue weighted by Gasteiger charge is 2.20. The number of ether oxygens (including phenoxy) is 2. The van der Waals surface area contributed by atoms with E-state index in [4.69, 9.17) is 9.47 Å². The van der Waals surface area contributed by atoms with Gasteiger partial charge in [-0.2, -0.15) is 0 Å². The molecule has 0 amide bonds. The molecule has 1 fully saturated rings. The Balaban J connectivity index is 1.65. The van der Waals surface area contributed by atoms with Crippen molar-refractivity contribution in [2.75, 3.05) is 12.1 Å². The maximum Gasteiger partial charge on any atom is 0.231 e. The maximum absolute atomic E-state index is 9.46. The Hall–Kier alpha value is -1.42. The van der Waals surface area contributed by atoms with Gasteiger partial charge in [0.1, 0.15) is 0 Å². The van der Waals surface area contributed by atoms with Gasteiger partial charge in [-0.15, -0.1) is 0 Å². The fraction of sp³-hybridized carbons (Fsp3) is 0.538. The second-order valence-electron chi connectivity index (χ2n) is 4.72. The third-order valence-corrected chi connectivity index (χ3v) is 3.44. The van der Waals surface area contributed by atoms with Gasteiger partial charge in [0.15, 0.2) is 11.5 Å². The highest BCUT2D eigenvalue weighted by molar-refractivity contribution is 5.56. The molecule has 4 heteroatoms. The van der Waals surface area contributed by atoms with E-state index in [0.29, 0.717) is 12.8 Å².